The highest BCUT2D eigenvalue weighted by molar-refractivity contribution is 9.10. The molecule has 25 heavy (non-hydrogen) atoms. The minimum Gasteiger partial charge on any atom is -0.497 e. The lowest BCUT2D eigenvalue weighted by molar-refractivity contribution is 0.309. The van der Waals surface area contributed by atoms with Gasteiger partial charge < -0.3 is 4.74 Å². The zero-order valence-electron chi connectivity index (χ0n) is 13.3. The Morgan fingerprint density at radius 3 is 2.16 bits per heavy atom. The summed E-state index contributed by atoms with van der Waals surface area (Å²) in [4.78, 5) is 0.298. The Labute approximate surface area is 155 Å². The fraction of sp³-hybridized carbons (Fsp3) is 0.250. The molecular formula is C16H16BrNO5S2. The van der Waals surface area contributed by atoms with Gasteiger partial charge in [-0.15, -0.1) is 0 Å². The topological polar surface area (TPSA) is 80.8 Å². The fourth-order valence-corrected chi connectivity index (χ4v) is 6.88. The predicted molar refractivity (Wildman–Crippen MR) is 96.9 cm³/mol. The zero-order chi connectivity index (χ0) is 18.2. The second kappa shape index (κ2) is 6.71. The van der Waals surface area contributed by atoms with E-state index >= 15 is 0 Å². The number of methoxy groups -OCH3 is 1. The number of nitrogens with zero attached hydrogens (tertiary/aromatic N) is 1. The van der Waals surface area contributed by atoms with E-state index in [2.05, 4.69) is 15.9 Å². The number of hydrogen-bond acceptors (Lipinski definition) is 5. The highest BCUT2D eigenvalue weighted by Gasteiger charge is 2.44. The van der Waals surface area contributed by atoms with Crippen LogP contribution in [-0.2, 0) is 19.9 Å². The van der Waals surface area contributed by atoms with Crippen molar-refractivity contribution in [1.82, 2.24) is 4.31 Å². The molecular weight excluding hydrogens is 430 g/mol. The maximum Gasteiger partial charge on any atom is 0.244 e. The molecule has 0 aliphatic carbocycles. The predicted octanol–water partition coefficient (Wildman–Crippen LogP) is 2.30. The second-order valence-corrected chi connectivity index (χ2v) is 10.6. The molecule has 6 nitrogen and oxygen atoms in total. The van der Waals surface area contributed by atoms with Crippen LogP contribution in [0, 0.1) is 0 Å². The summed E-state index contributed by atoms with van der Waals surface area (Å²) in [6, 6.07) is 12.6. The van der Waals surface area contributed by atoms with E-state index in [9.17, 15) is 16.8 Å². The number of benzene rings is 2. The highest BCUT2D eigenvalue weighted by atomic mass is 79.9. The van der Waals surface area contributed by atoms with Crippen LogP contribution in [0.15, 0.2) is 62.8 Å². The molecule has 0 aromatic heterocycles. The van der Waals surface area contributed by atoms with E-state index in [1.54, 1.807) is 30.3 Å². The Balaban J connectivity index is 1.78. The van der Waals surface area contributed by atoms with Crippen LogP contribution in [0.25, 0.3) is 0 Å². The number of sulfone groups is 1. The van der Waals surface area contributed by atoms with Gasteiger partial charge in [-0.25, -0.2) is 16.8 Å². The van der Waals surface area contributed by atoms with E-state index in [4.69, 9.17) is 4.74 Å². The first kappa shape index (κ1) is 18.4. The Kier molecular flexibility index (Phi) is 4.93. The molecule has 0 atom stereocenters. The summed E-state index contributed by atoms with van der Waals surface area (Å²) in [5, 5.41) is -0.752. The molecule has 1 aliphatic rings. The number of rotatable bonds is 5. The van der Waals surface area contributed by atoms with Crippen LogP contribution in [-0.4, -0.2) is 46.6 Å². The fourth-order valence-electron chi connectivity index (χ4n) is 2.54. The quantitative estimate of drug-likeness (QED) is 0.704. The normalized spacial score (nSPS) is 16.4. The van der Waals surface area contributed by atoms with Crippen molar-refractivity contribution in [2.24, 2.45) is 0 Å². The van der Waals surface area contributed by atoms with E-state index < -0.39 is 25.1 Å². The van der Waals surface area contributed by atoms with Gasteiger partial charge >= 0.3 is 0 Å². The number of ether oxygens (including phenoxy) is 1. The summed E-state index contributed by atoms with van der Waals surface area (Å²) < 4.78 is 57.1. The van der Waals surface area contributed by atoms with Crippen LogP contribution in [0.5, 0.6) is 5.75 Å². The van der Waals surface area contributed by atoms with Gasteiger partial charge in [0.15, 0.2) is 9.84 Å². The van der Waals surface area contributed by atoms with Crippen LogP contribution < -0.4 is 4.74 Å². The summed E-state index contributed by atoms with van der Waals surface area (Å²) >= 11 is 3.22. The van der Waals surface area contributed by atoms with E-state index in [0.29, 0.717) is 10.2 Å². The molecule has 0 saturated carbocycles. The van der Waals surface area contributed by atoms with Gasteiger partial charge in [0.2, 0.25) is 10.0 Å². The van der Waals surface area contributed by atoms with E-state index in [-0.39, 0.29) is 22.9 Å². The minimum atomic E-state index is -3.72. The molecule has 0 unspecified atom stereocenters. The van der Waals surface area contributed by atoms with Gasteiger partial charge in [-0.2, -0.15) is 4.31 Å². The van der Waals surface area contributed by atoms with Gasteiger partial charge in [0.05, 0.1) is 22.2 Å². The van der Waals surface area contributed by atoms with Crippen molar-refractivity contribution >= 4 is 35.8 Å². The molecule has 1 aliphatic heterocycles. The molecule has 0 N–H and O–H groups in total. The first-order valence-electron chi connectivity index (χ1n) is 7.39. The van der Waals surface area contributed by atoms with E-state index in [1.165, 1.54) is 29.6 Å². The van der Waals surface area contributed by atoms with E-state index in [0.717, 1.165) is 0 Å². The Morgan fingerprint density at radius 1 is 1.00 bits per heavy atom. The van der Waals surface area contributed by atoms with Gasteiger partial charge in [0.1, 0.15) is 5.75 Å². The van der Waals surface area contributed by atoms with Crippen molar-refractivity contribution in [2.75, 3.05) is 20.2 Å². The highest BCUT2D eigenvalue weighted by Crippen LogP contribution is 2.32. The zero-order valence-corrected chi connectivity index (χ0v) is 16.5. The maximum atomic E-state index is 12.6. The van der Waals surface area contributed by atoms with Gasteiger partial charge in [-0.3, -0.25) is 0 Å². The van der Waals surface area contributed by atoms with Crippen molar-refractivity contribution in [3.05, 3.63) is 53.0 Å². The second-order valence-electron chi connectivity index (χ2n) is 5.59. The molecule has 9 heteroatoms. The number of hydrogen-bond donors (Lipinski definition) is 0. The number of halogens is 1. The van der Waals surface area contributed by atoms with Crippen molar-refractivity contribution < 1.29 is 21.6 Å². The Bertz CT molecular complexity index is 981. The molecule has 134 valence electrons. The molecule has 0 radical (unpaired) electrons. The van der Waals surface area contributed by atoms with Crippen molar-refractivity contribution in [3.8, 4) is 5.75 Å². The Hall–Kier alpha value is -1.42. The van der Waals surface area contributed by atoms with Crippen LogP contribution in [0.4, 0.5) is 0 Å². The lowest BCUT2D eigenvalue weighted by atomic mass is 10.3. The largest absolute Gasteiger partial charge is 0.497 e. The van der Waals surface area contributed by atoms with Crippen molar-refractivity contribution in [1.29, 1.82) is 0 Å². The standard InChI is InChI=1S/C16H16BrNO5S2/c1-23-12-6-8-13(9-7-12)24(19,20)14-10-18(11-14)25(21,22)16-5-3-2-4-15(16)17/h2-9,14H,10-11H2,1H3. The summed E-state index contributed by atoms with van der Waals surface area (Å²) in [7, 11) is -5.80. The third-order valence-corrected chi connectivity index (χ3v) is 9.04. The van der Waals surface area contributed by atoms with Gasteiger partial charge in [-0.1, -0.05) is 12.1 Å². The van der Waals surface area contributed by atoms with Crippen LogP contribution in [0.1, 0.15) is 0 Å². The average Bonchev–Trinajstić information content (AvgIpc) is 2.53. The molecule has 1 saturated heterocycles. The lowest BCUT2D eigenvalue weighted by Gasteiger charge is -2.37. The summed E-state index contributed by atoms with van der Waals surface area (Å²) in [6.45, 7) is -0.115. The van der Waals surface area contributed by atoms with Crippen LogP contribution in [0.2, 0.25) is 0 Å². The molecule has 2 aromatic rings. The van der Waals surface area contributed by atoms with Crippen LogP contribution in [0.3, 0.4) is 0 Å². The first-order chi connectivity index (χ1) is 11.8. The lowest BCUT2D eigenvalue weighted by Crippen LogP contribution is -2.56. The van der Waals surface area contributed by atoms with Crippen molar-refractivity contribution in [3.63, 3.8) is 0 Å². The molecule has 2 aromatic carbocycles. The summed E-state index contributed by atoms with van der Waals surface area (Å²) in [5.74, 6) is 0.561. The van der Waals surface area contributed by atoms with Gasteiger partial charge in [0, 0.05) is 17.6 Å². The SMILES string of the molecule is COc1ccc(S(=O)(=O)C2CN(S(=O)(=O)c3ccccc3Br)C2)cc1. The molecule has 0 amide bonds. The Morgan fingerprint density at radius 2 is 1.60 bits per heavy atom. The smallest absolute Gasteiger partial charge is 0.244 e. The number of sulfonamides is 1. The summed E-state index contributed by atoms with van der Waals surface area (Å²) in [6.07, 6.45) is 0. The molecule has 1 heterocycles. The first-order valence-corrected chi connectivity index (χ1v) is 11.2. The van der Waals surface area contributed by atoms with Gasteiger partial charge in [-0.05, 0) is 52.3 Å². The molecule has 3 rings (SSSR count). The van der Waals surface area contributed by atoms with Crippen molar-refractivity contribution in [2.45, 2.75) is 15.0 Å². The third kappa shape index (κ3) is 3.33. The maximum absolute atomic E-state index is 12.6. The third-order valence-electron chi connectivity index (χ3n) is 4.10. The molecule has 1 fully saturated rings. The average molecular weight is 446 g/mol. The summed E-state index contributed by atoms with van der Waals surface area (Å²) in [5.41, 5.74) is 0. The minimum absolute atomic E-state index is 0.0575. The van der Waals surface area contributed by atoms with E-state index in [1.807, 2.05) is 0 Å². The monoisotopic (exact) mass is 445 g/mol. The molecule has 0 bridgehead atoms. The van der Waals surface area contributed by atoms with Crippen LogP contribution >= 0.6 is 15.9 Å². The van der Waals surface area contributed by atoms with Gasteiger partial charge in [0.25, 0.3) is 0 Å². The molecule has 0 spiro atoms.